The quantitative estimate of drug-likeness (QED) is 0.776. The minimum Gasteiger partial charge on any atom is -0.328 e. The topological polar surface area (TPSA) is 64.3 Å². The molecule has 1 aliphatic heterocycles. The number of hydrogen-bond donors (Lipinski definition) is 0. The molecule has 0 amide bonds. The first-order valence-electron chi connectivity index (χ1n) is 9.15. The van der Waals surface area contributed by atoms with Gasteiger partial charge in [-0.25, -0.2) is 13.4 Å². The van der Waals surface area contributed by atoms with Crippen LogP contribution in [0.1, 0.15) is 39.4 Å². The fraction of sp³-hybridized carbons (Fsp3) is 0.500. The van der Waals surface area contributed by atoms with E-state index < -0.39 is 9.84 Å². The smallest absolute Gasteiger partial charge is 0.182 e. The highest BCUT2D eigenvalue weighted by Gasteiger charge is 2.26. The average molecular weight is 372 g/mol. The van der Waals surface area contributed by atoms with Gasteiger partial charge in [-0.1, -0.05) is 20.8 Å². The molecule has 0 bridgehead atoms. The summed E-state index contributed by atoms with van der Waals surface area (Å²) in [6.45, 7) is 7.60. The zero-order chi connectivity index (χ0) is 18.5. The number of fused-ring (bicyclic) bond motifs is 1. The summed E-state index contributed by atoms with van der Waals surface area (Å²) in [7, 11) is -3.37. The average Bonchev–Trinajstić information content (AvgIpc) is 3.25. The molecule has 0 spiro atoms. The van der Waals surface area contributed by atoms with Crippen LogP contribution in [0.5, 0.6) is 0 Å². The van der Waals surface area contributed by atoms with Crippen molar-refractivity contribution in [3.8, 4) is 0 Å². The Labute approximate surface area is 154 Å². The first-order chi connectivity index (χ1) is 12.2. The Morgan fingerprint density at radius 2 is 1.96 bits per heavy atom. The van der Waals surface area contributed by atoms with Gasteiger partial charge in [0.1, 0.15) is 5.82 Å². The van der Waals surface area contributed by atoms with Gasteiger partial charge in [0.2, 0.25) is 0 Å². The molecule has 1 aromatic heterocycles. The van der Waals surface area contributed by atoms with Gasteiger partial charge in [0.25, 0.3) is 0 Å². The minimum absolute atomic E-state index is 0.000360. The van der Waals surface area contributed by atoms with Gasteiger partial charge in [0, 0.05) is 31.0 Å². The summed E-state index contributed by atoms with van der Waals surface area (Å²) in [6.07, 6.45) is 6.62. The van der Waals surface area contributed by atoms with Gasteiger partial charge in [0.05, 0.1) is 21.7 Å². The highest BCUT2D eigenvalue weighted by Crippen LogP contribution is 2.34. The molecular formula is C20H25N3O2S. The maximum Gasteiger partial charge on any atom is 0.182 e. The van der Waals surface area contributed by atoms with Gasteiger partial charge in [0.15, 0.2) is 9.84 Å². The molecule has 0 radical (unpaired) electrons. The molecule has 4 rings (SSSR count). The molecule has 2 aliphatic rings. The highest BCUT2D eigenvalue weighted by molar-refractivity contribution is 7.91. The second-order valence-corrected chi connectivity index (χ2v) is 10.7. The zero-order valence-electron chi connectivity index (χ0n) is 15.6. The molecule has 26 heavy (non-hydrogen) atoms. The van der Waals surface area contributed by atoms with Crippen molar-refractivity contribution in [1.82, 2.24) is 9.55 Å². The molecule has 2 heterocycles. The van der Waals surface area contributed by atoms with E-state index in [0.717, 1.165) is 41.3 Å². The molecule has 0 saturated heterocycles. The van der Waals surface area contributed by atoms with E-state index in [-0.39, 0.29) is 11.2 Å². The predicted octanol–water partition coefficient (Wildman–Crippen LogP) is 3.78. The molecule has 138 valence electrons. The lowest BCUT2D eigenvalue weighted by Crippen LogP contribution is -2.15. The van der Waals surface area contributed by atoms with Crippen molar-refractivity contribution in [2.24, 2.45) is 16.3 Å². The lowest BCUT2D eigenvalue weighted by molar-refractivity contribution is 0.391. The SMILES string of the molecule is CC(C)(C)Cc1nc2cc(S(=O)(=O)CC3=CN=C3)ccc2n1CC1CC1. The van der Waals surface area contributed by atoms with E-state index in [0.29, 0.717) is 4.90 Å². The monoisotopic (exact) mass is 371 g/mol. The number of benzene rings is 1. The van der Waals surface area contributed by atoms with E-state index in [1.54, 1.807) is 24.5 Å². The van der Waals surface area contributed by atoms with Crippen molar-refractivity contribution in [1.29, 1.82) is 0 Å². The summed E-state index contributed by atoms with van der Waals surface area (Å²) in [5, 5.41) is 0. The minimum atomic E-state index is -3.37. The first-order valence-corrected chi connectivity index (χ1v) is 10.8. The van der Waals surface area contributed by atoms with Crippen LogP contribution in [0.4, 0.5) is 0 Å². The van der Waals surface area contributed by atoms with Crippen LogP contribution >= 0.6 is 0 Å². The third kappa shape index (κ3) is 3.61. The van der Waals surface area contributed by atoms with Crippen LogP contribution in [0.15, 0.2) is 39.9 Å². The number of sulfone groups is 1. The molecule has 1 aliphatic carbocycles. The van der Waals surface area contributed by atoms with Gasteiger partial charge in [-0.05, 0) is 42.4 Å². The largest absolute Gasteiger partial charge is 0.328 e. The number of aromatic nitrogens is 2. The van der Waals surface area contributed by atoms with E-state index in [1.165, 1.54) is 12.8 Å². The number of hydrogen-bond acceptors (Lipinski definition) is 4. The van der Waals surface area contributed by atoms with E-state index in [1.807, 2.05) is 6.07 Å². The Morgan fingerprint density at radius 1 is 1.23 bits per heavy atom. The van der Waals surface area contributed by atoms with Gasteiger partial charge < -0.3 is 4.57 Å². The van der Waals surface area contributed by atoms with E-state index >= 15 is 0 Å². The van der Waals surface area contributed by atoms with Crippen molar-refractivity contribution >= 4 is 27.1 Å². The van der Waals surface area contributed by atoms with Crippen molar-refractivity contribution < 1.29 is 8.42 Å². The van der Waals surface area contributed by atoms with Crippen LogP contribution in [0.2, 0.25) is 0 Å². The van der Waals surface area contributed by atoms with Crippen LogP contribution in [0.3, 0.4) is 0 Å². The van der Waals surface area contributed by atoms with Crippen LogP contribution in [0.25, 0.3) is 11.0 Å². The fourth-order valence-corrected chi connectivity index (χ4v) is 4.60. The molecule has 0 atom stereocenters. The summed E-state index contributed by atoms with van der Waals surface area (Å²) in [4.78, 5) is 9.00. The zero-order valence-corrected chi connectivity index (χ0v) is 16.4. The Bertz CT molecular complexity index is 1020. The molecule has 1 aromatic carbocycles. The summed E-state index contributed by atoms with van der Waals surface area (Å²) in [6, 6.07) is 5.38. The second-order valence-electron chi connectivity index (χ2n) is 8.71. The van der Waals surface area contributed by atoms with Gasteiger partial charge in [-0.15, -0.1) is 0 Å². The molecule has 6 heteroatoms. The maximum atomic E-state index is 12.7. The van der Waals surface area contributed by atoms with Crippen LogP contribution in [-0.4, -0.2) is 29.9 Å². The van der Waals surface area contributed by atoms with Gasteiger partial charge in [-0.3, -0.25) is 4.99 Å². The maximum absolute atomic E-state index is 12.7. The Hall–Kier alpha value is -1.95. The predicted molar refractivity (Wildman–Crippen MR) is 104 cm³/mol. The lowest BCUT2D eigenvalue weighted by Gasteiger charge is -2.18. The Balaban J connectivity index is 1.73. The second kappa shape index (κ2) is 6.05. The summed E-state index contributed by atoms with van der Waals surface area (Å²) in [5.41, 5.74) is 2.70. The van der Waals surface area contributed by atoms with Crippen molar-refractivity contribution in [3.63, 3.8) is 0 Å². The normalized spacial score (nSPS) is 17.4. The molecule has 0 unspecified atom stereocenters. The number of rotatable bonds is 6. The van der Waals surface area contributed by atoms with Crippen molar-refractivity contribution in [2.45, 2.75) is 51.5 Å². The summed E-state index contributed by atoms with van der Waals surface area (Å²) >= 11 is 0. The fourth-order valence-electron chi connectivity index (χ4n) is 3.28. The standard InChI is InChI=1S/C20H25N3O2S/c1-20(2,3)9-19-22-17-8-16(26(24,25)13-15-10-21-11-15)6-7-18(17)23(19)12-14-4-5-14/h6-8,10-11,14H,4-5,9,12-13H2,1-3H3. The van der Waals surface area contributed by atoms with Crippen LogP contribution < -0.4 is 0 Å². The van der Waals surface area contributed by atoms with Crippen LogP contribution in [-0.2, 0) is 22.8 Å². The van der Waals surface area contributed by atoms with Crippen molar-refractivity contribution in [3.05, 3.63) is 35.8 Å². The molecule has 0 N–H and O–H groups in total. The molecule has 1 fully saturated rings. The number of nitrogens with zero attached hydrogens (tertiary/aromatic N) is 3. The number of aliphatic imine (C=N–C) groups is 1. The molecule has 1 saturated carbocycles. The number of imidazole rings is 1. The lowest BCUT2D eigenvalue weighted by atomic mass is 9.92. The van der Waals surface area contributed by atoms with E-state index in [4.69, 9.17) is 4.98 Å². The van der Waals surface area contributed by atoms with Crippen molar-refractivity contribution in [2.75, 3.05) is 5.75 Å². The third-order valence-electron chi connectivity index (χ3n) is 4.82. The summed E-state index contributed by atoms with van der Waals surface area (Å²) in [5.74, 6) is 1.79. The van der Waals surface area contributed by atoms with Crippen LogP contribution in [0, 0.1) is 11.3 Å². The molecule has 5 nitrogen and oxygen atoms in total. The first kappa shape index (κ1) is 17.5. The molecular weight excluding hydrogens is 346 g/mol. The van der Waals surface area contributed by atoms with E-state index in [2.05, 4.69) is 30.3 Å². The van der Waals surface area contributed by atoms with Gasteiger partial charge in [-0.2, -0.15) is 0 Å². The Kier molecular flexibility index (Phi) is 4.06. The molecule has 2 aromatic rings. The van der Waals surface area contributed by atoms with Gasteiger partial charge >= 0.3 is 0 Å². The Morgan fingerprint density at radius 3 is 2.54 bits per heavy atom. The third-order valence-corrected chi connectivity index (χ3v) is 6.51. The van der Waals surface area contributed by atoms with E-state index in [9.17, 15) is 8.42 Å². The summed E-state index contributed by atoms with van der Waals surface area (Å²) < 4.78 is 27.6. The highest BCUT2D eigenvalue weighted by atomic mass is 32.2.